The van der Waals surface area contributed by atoms with Crippen LogP contribution in [0.25, 0.3) is 0 Å². The molecule has 0 aliphatic heterocycles. The summed E-state index contributed by atoms with van der Waals surface area (Å²) < 4.78 is 26.2. The molecule has 0 saturated heterocycles. The molecule has 1 nitrogen and oxygen atoms in total. The fourth-order valence-electron chi connectivity index (χ4n) is 1.13. The van der Waals surface area contributed by atoms with Crippen LogP contribution in [0.1, 0.15) is 12.5 Å². The van der Waals surface area contributed by atoms with Gasteiger partial charge in [-0.1, -0.05) is 17.7 Å². The largest absolute Gasteiger partial charge is 0.328 e. The number of rotatable bonds is 3. The first-order chi connectivity index (χ1) is 6.44. The first-order valence-electron chi connectivity index (χ1n) is 4.27. The van der Waals surface area contributed by atoms with Gasteiger partial charge in [0.15, 0.2) is 0 Å². The van der Waals surface area contributed by atoms with Crippen LogP contribution >= 0.6 is 11.6 Å². The zero-order valence-electron chi connectivity index (χ0n) is 7.86. The Morgan fingerprint density at radius 2 is 2.14 bits per heavy atom. The van der Waals surface area contributed by atoms with Crippen LogP contribution in [-0.4, -0.2) is 12.2 Å². The quantitative estimate of drug-likeness (QED) is 0.831. The van der Waals surface area contributed by atoms with Gasteiger partial charge >= 0.3 is 0 Å². The van der Waals surface area contributed by atoms with E-state index in [1.54, 1.807) is 0 Å². The van der Waals surface area contributed by atoms with Crippen molar-refractivity contribution in [2.24, 2.45) is 5.73 Å². The maximum absolute atomic E-state index is 13.5. The van der Waals surface area contributed by atoms with E-state index in [1.165, 1.54) is 25.1 Å². The van der Waals surface area contributed by atoms with Crippen LogP contribution in [0.15, 0.2) is 18.2 Å². The summed E-state index contributed by atoms with van der Waals surface area (Å²) in [5.41, 5.74) is 4.32. The van der Waals surface area contributed by atoms with Gasteiger partial charge < -0.3 is 5.73 Å². The lowest BCUT2D eigenvalue weighted by molar-refractivity contribution is 0.200. The van der Waals surface area contributed by atoms with Crippen molar-refractivity contribution < 1.29 is 8.78 Å². The topological polar surface area (TPSA) is 26.0 Å². The zero-order chi connectivity index (χ0) is 10.8. The molecule has 0 spiro atoms. The van der Waals surface area contributed by atoms with E-state index >= 15 is 0 Å². The molecule has 0 heterocycles. The van der Waals surface area contributed by atoms with E-state index in [0.717, 1.165) is 0 Å². The van der Waals surface area contributed by atoms with Crippen LogP contribution in [0.5, 0.6) is 0 Å². The molecule has 4 heteroatoms. The van der Waals surface area contributed by atoms with Gasteiger partial charge in [0.05, 0.1) is 0 Å². The normalized spacial score (nSPS) is 15.2. The van der Waals surface area contributed by atoms with E-state index in [1.807, 2.05) is 0 Å². The fraction of sp³-hybridized carbons (Fsp3) is 0.400. The smallest absolute Gasteiger partial charge is 0.124 e. The molecule has 78 valence electrons. The molecule has 1 unspecified atom stereocenters. The van der Waals surface area contributed by atoms with Crippen LogP contribution in [0, 0.1) is 5.82 Å². The van der Waals surface area contributed by atoms with Gasteiger partial charge in [-0.3, -0.25) is 0 Å². The number of benzene rings is 1. The third kappa shape index (κ3) is 2.93. The molecule has 0 aliphatic rings. The van der Waals surface area contributed by atoms with E-state index in [4.69, 9.17) is 17.3 Å². The maximum Gasteiger partial charge on any atom is 0.124 e. The second kappa shape index (κ2) is 4.24. The standard InChI is InChI=1S/C10H12ClF2N/c1-10(13,6-14)5-7-2-3-8(12)4-9(7)11/h2-4H,5-6,14H2,1H3. The van der Waals surface area contributed by atoms with E-state index in [2.05, 4.69) is 0 Å². The lowest BCUT2D eigenvalue weighted by Crippen LogP contribution is -2.31. The summed E-state index contributed by atoms with van der Waals surface area (Å²) in [4.78, 5) is 0. The number of halogens is 3. The highest BCUT2D eigenvalue weighted by Crippen LogP contribution is 2.23. The average Bonchev–Trinajstić information content (AvgIpc) is 2.10. The SMILES string of the molecule is CC(F)(CN)Cc1ccc(F)cc1Cl. The first-order valence-corrected chi connectivity index (χ1v) is 4.65. The molecule has 0 aromatic heterocycles. The minimum Gasteiger partial charge on any atom is -0.328 e. The van der Waals surface area contributed by atoms with E-state index in [0.29, 0.717) is 5.56 Å². The first kappa shape index (κ1) is 11.4. The minimum atomic E-state index is -1.50. The number of hydrogen-bond donors (Lipinski definition) is 1. The Kier molecular flexibility index (Phi) is 3.45. The second-order valence-electron chi connectivity index (χ2n) is 3.53. The third-order valence-electron chi connectivity index (χ3n) is 2.00. The molecule has 0 bridgehead atoms. The van der Waals surface area contributed by atoms with Crippen molar-refractivity contribution in [3.05, 3.63) is 34.6 Å². The van der Waals surface area contributed by atoms with Crippen LogP contribution < -0.4 is 5.73 Å². The molecule has 0 fully saturated rings. The van der Waals surface area contributed by atoms with Crippen LogP contribution in [0.3, 0.4) is 0 Å². The average molecular weight is 220 g/mol. The molecular weight excluding hydrogens is 208 g/mol. The molecule has 0 aliphatic carbocycles. The Hall–Kier alpha value is -0.670. The monoisotopic (exact) mass is 219 g/mol. The molecule has 1 atom stereocenters. The highest BCUT2D eigenvalue weighted by Gasteiger charge is 2.22. The summed E-state index contributed by atoms with van der Waals surface area (Å²) in [5, 5.41) is 0.238. The molecule has 2 N–H and O–H groups in total. The fourth-order valence-corrected chi connectivity index (χ4v) is 1.37. The molecule has 0 amide bonds. The van der Waals surface area contributed by atoms with Gasteiger partial charge in [-0.15, -0.1) is 0 Å². The Balaban J connectivity index is 2.87. The molecule has 0 radical (unpaired) electrons. The summed E-state index contributed by atoms with van der Waals surface area (Å²) in [7, 11) is 0. The molecule has 14 heavy (non-hydrogen) atoms. The van der Waals surface area contributed by atoms with Crippen molar-refractivity contribution in [3.63, 3.8) is 0 Å². The van der Waals surface area contributed by atoms with Gasteiger partial charge in [0, 0.05) is 18.0 Å². The van der Waals surface area contributed by atoms with Gasteiger partial charge in [-0.05, 0) is 24.6 Å². The van der Waals surface area contributed by atoms with Crippen molar-refractivity contribution in [2.75, 3.05) is 6.54 Å². The van der Waals surface area contributed by atoms with Crippen molar-refractivity contribution in [2.45, 2.75) is 19.0 Å². The van der Waals surface area contributed by atoms with Crippen molar-refractivity contribution in [3.8, 4) is 0 Å². The summed E-state index contributed by atoms with van der Waals surface area (Å²) in [6, 6.07) is 3.91. The zero-order valence-corrected chi connectivity index (χ0v) is 8.61. The van der Waals surface area contributed by atoms with Crippen molar-refractivity contribution in [1.82, 2.24) is 0 Å². The molecule has 1 aromatic rings. The number of nitrogens with two attached hydrogens (primary N) is 1. The van der Waals surface area contributed by atoms with E-state index < -0.39 is 11.5 Å². The lowest BCUT2D eigenvalue weighted by Gasteiger charge is -2.18. The lowest BCUT2D eigenvalue weighted by atomic mass is 9.98. The Morgan fingerprint density at radius 3 is 2.64 bits per heavy atom. The van der Waals surface area contributed by atoms with Gasteiger partial charge in [0.25, 0.3) is 0 Å². The van der Waals surface area contributed by atoms with Crippen LogP contribution in [0.2, 0.25) is 5.02 Å². The molecule has 0 saturated carbocycles. The van der Waals surface area contributed by atoms with Crippen molar-refractivity contribution >= 4 is 11.6 Å². The Bertz CT molecular complexity index is 326. The minimum absolute atomic E-state index is 0.0826. The van der Waals surface area contributed by atoms with Gasteiger partial charge in [-0.2, -0.15) is 0 Å². The van der Waals surface area contributed by atoms with Gasteiger partial charge in [0.2, 0.25) is 0 Å². The summed E-state index contributed by atoms with van der Waals surface area (Å²) >= 11 is 5.75. The Morgan fingerprint density at radius 1 is 1.50 bits per heavy atom. The predicted molar refractivity (Wildman–Crippen MR) is 53.7 cm³/mol. The van der Waals surface area contributed by atoms with Gasteiger partial charge in [0.1, 0.15) is 11.5 Å². The Labute approximate surface area is 86.9 Å². The highest BCUT2D eigenvalue weighted by molar-refractivity contribution is 6.31. The predicted octanol–water partition coefficient (Wildman–Crippen LogP) is 2.71. The highest BCUT2D eigenvalue weighted by atomic mass is 35.5. The van der Waals surface area contributed by atoms with Crippen LogP contribution in [0.4, 0.5) is 8.78 Å². The van der Waals surface area contributed by atoms with E-state index in [9.17, 15) is 8.78 Å². The number of alkyl halides is 1. The maximum atomic E-state index is 13.5. The third-order valence-corrected chi connectivity index (χ3v) is 2.35. The van der Waals surface area contributed by atoms with Crippen molar-refractivity contribution in [1.29, 1.82) is 0 Å². The molecular formula is C10H12ClF2N. The van der Waals surface area contributed by atoms with E-state index in [-0.39, 0.29) is 18.0 Å². The summed E-state index contributed by atoms with van der Waals surface area (Å²) in [5.74, 6) is -0.424. The summed E-state index contributed by atoms with van der Waals surface area (Å²) in [6.07, 6.45) is 0.0998. The second-order valence-corrected chi connectivity index (χ2v) is 3.94. The molecule has 1 rings (SSSR count). The number of hydrogen-bond acceptors (Lipinski definition) is 1. The molecule has 1 aromatic carbocycles. The van der Waals surface area contributed by atoms with Crippen LogP contribution in [-0.2, 0) is 6.42 Å². The van der Waals surface area contributed by atoms with Gasteiger partial charge in [-0.25, -0.2) is 8.78 Å². The summed E-state index contributed by atoms with van der Waals surface area (Å²) in [6.45, 7) is 1.31.